The van der Waals surface area contributed by atoms with Crippen LogP contribution in [0.15, 0.2) is 43.2 Å². The molecule has 0 bridgehead atoms. The predicted molar refractivity (Wildman–Crippen MR) is 102 cm³/mol. The van der Waals surface area contributed by atoms with Gasteiger partial charge in [-0.1, -0.05) is 23.7 Å². The van der Waals surface area contributed by atoms with Crippen LogP contribution in [0.3, 0.4) is 0 Å². The topological polar surface area (TPSA) is 62.7 Å². The fourth-order valence-corrected chi connectivity index (χ4v) is 2.76. The Kier molecular flexibility index (Phi) is 7.16. The lowest BCUT2D eigenvalue weighted by atomic mass is 10.2. The molecule has 5 nitrogen and oxygen atoms in total. The van der Waals surface area contributed by atoms with E-state index in [1.165, 1.54) is 25.6 Å². The minimum atomic E-state index is 0.361. The zero-order valence-electron chi connectivity index (χ0n) is 14.8. The van der Waals surface area contributed by atoms with Crippen LogP contribution >= 0.6 is 0 Å². The van der Waals surface area contributed by atoms with E-state index in [0.29, 0.717) is 12.1 Å². The molecule has 0 aromatic carbocycles. The zero-order valence-corrected chi connectivity index (χ0v) is 14.8. The highest BCUT2D eigenvalue weighted by Crippen LogP contribution is 2.04. The highest BCUT2D eigenvalue weighted by molar-refractivity contribution is 5.33. The van der Waals surface area contributed by atoms with Gasteiger partial charge in [-0.25, -0.2) is 9.97 Å². The maximum atomic E-state index is 4.01. The van der Waals surface area contributed by atoms with E-state index in [9.17, 15) is 0 Å². The normalized spacial score (nSPS) is 20.8. The number of hydrogen-bond acceptors (Lipinski definition) is 5. The fraction of sp³-hybridized carbons (Fsp3) is 0.381. The highest BCUT2D eigenvalue weighted by Gasteiger charge is 2.10. The third-order valence-corrected chi connectivity index (χ3v) is 4.12. The molecule has 4 rings (SSSR count). The van der Waals surface area contributed by atoms with Crippen LogP contribution in [0.4, 0.5) is 0 Å². The van der Waals surface area contributed by atoms with Crippen molar-refractivity contribution in [2.45, 2.75) is 37.8 Å². The van der Waals surface area contributed by atoms with Gasteiger partial charge in [0.25, 0.3) is 0 Å². The molecule has 2 aromatic heterocycles. The molecule has 0 spiro atoms. The van der Waals surface area contributed by atoms with E-state index in [4.69, 9.17) is 0 Å². The van der Waals surface area contributed by atoms with Crippen LogP contribution in [0.1, 0.15) is 36.8 Å². The summed E-state index contributed by atoms with van der Waals surface area (Å²) in [6, 6.07) is 4.64. The maximum Gasteiger partial charge on any atom is 0.115 e. The Morgan fingerprint density at radius 3 is 1.96 bits per heavy atom. The van der Waals surface area contributed by atoms with Crippen LogP contribution in [0.5, 0.6) is 0 Å². The minimum absolute atomic E-state index is 0.361. The van der Waals surface area contributed by atoms with Crippen molar-refractivity contribution in [1.29, 1.82) is 0 Å². The van der Waals surface area contributed by atoms with Crippen molar-refractivity contribution < 1.29 is 0 Å². The second-order valence-corrected chi connectivity index (χ2v) is 6.21. The van der Waals surface area contributed by atoms with E-state index in [1.807, 2.05) is 12.1 Å². The summed E-state index contributed by atoms with van der Waals surface area (Å²) in [7, 11) is 0. The summed E-state index contributed by atoms with van der Waals surface area (Å²) in [6.07, 6.45) is 13.3. The van der Waals surface area contributed by atoms with Crippen molar-refractivity contribution in [2.75, 3.05) is 13.1 Å². The van der Waals surface area contributed by atoms with E-state index >= 15 is 0 Å². The summed E-state index contributed by atoms with van der Waals surface area (Å²) in [6.45, 7) is 2.19. The van der Waals surface area contributed by atoms with E-state index in [-0.39, 0.29) is 0 Å². The maximum absolute atomic E-state index is 4.01. The first-order valence-electron chi connectivity index (χ1n) is 9.05. The molecule has 0 aliphatic carbocycles. The summed E-state index contributed by atoms with van der Waals surface area (Å²) in [5.74, 6) is 12.5. The average Bonchev–Trinajstić information content (AvgIpc) is 3.41. The number of nitrogens with one attached hydrogen (secondary N) is 2. The molecule has 2 aromatic rings. The van der Waals surface area contributed by atoms with Crippen LogP contribution in [-0.2, 0) is 0 Å². The van der Waals surface area contributed by atoms with Crippen LogP contribution in [0.25, 0.3) is 0 Å². The standard InChI is InChI=1S/C11H12N2.C10H11N3/c1-3-10(9-12-7-1)5-6-11-4-2-8-13-11;1-2-10(13-5-1)4-3-9-6-11-8-12-7-9/h1,3,7,9,11,13H,2,4,8H2;6-8,10,13H,1-2,5H2/t11-;10-/m01/s1. The smallest absolute Gasteiger partial charge is 0.115 e. The van der Waals surface area contributed by atoms with Crippen molar-refractivity contribution in [2.24, 2.45) is 0 Å². The molecule has 2 atom stereocenters. The molecule has 0 amide bonds. The quantitative estimate of drug-likeness (QED) is 0.713. The van der Waals surface area contributed by atoms with Gasteiger partial charge >= 0.3 is 0 Å². The lowest BCUT2D eigenvalue weighted by molar-refractivity contribution is 0.749. The Bertz CT molecular complexity index is 702. The first kappa shape index (κ1) is 18.1. The van der Waals surface area contributed by atoms with E-state index in [2.05, 4.69) is 49.3 Å². The Morgan fingerprint density at radius 1 is 0.808 bits per heavy atom. The number of nitrogens with zero attached hydrogens (tertiary/aromatic N) is 3. The molecular weight excluding hydrogens is 322 g/mol. The summed E-state index contributed by atoms with van der Waals surface area (Å²) < 4.78 is 0. The van der Waals surface area contributed by atoms with E-state index in [1.54, 1.807) is 24.8 Å². The van der Waals surface area contributed by atoms with Crippen LogP contribution in [0, 0.1) is 23.7 Å². The Balaban J connectivity index is 0.000000151. The molecule has 0 saturated carbocycles. The van der Waals surface area contributed by atoms with Crippen molar-refractivity contribution in [3.8, 4) is 23.7 Å². The molecule has 2 fully saturated rings. The number of pyridine rings is 1. The summed E-state index contributed by atoms with van der Waals surface area (Å²) in [4.78, 5) is 11.8. The van der Waals surface area contributed by atoms with Gasteiger partial charge in [0.05, 0.1) is 17.6 Å². The first-order chi connectivity index (χ1) is 12.9. The molecule has 132 valence electrons. The van der Waals surface area contributed by atoms with Gasteiger partial charge in [-0.15, -0.1) is 0 Å². The lowest BCUT2D eigenvalue weighted by Crippen LogP contribution is -2.18. The van der Waals surface area contributed by atoms with Crippen molar-refractivity contribution in [1.82, 2.24) is 25.6 Å². The third kappa shape index (κ3) is 6.29. The number of aromatic nitrogens is 3. The fourth-order valence-electron chi connectivity index (χ4n) is 2.76. The molecular formula is C21H23N5. The molecule has 2 aliphatic rings. The number of rotatable bonds is 0. The molecule has 26 heavy (non-hydrogen) atoms. The molecule has 4 heterocycles. The molecule has 0 unspecified atom stereocenters. The van der Waals surface area contributed by atoms with Gasteiger partial charge in [0.15, 0.2) is 0 Å². The van der Waals surface area contributed by atoms with Gasteiger partial charge in [-0.3, -0.25) is 4.98 Å². The average molecular weight is 345 g/mol. The molecule has 2 saturated heterocycles. The SMILES string of the molecule is C(#C[C@@H]1CCCN1)c1cccnc1.C(#C[C@H]1CCCN1)c1cncnc1. The van der Waals surface area contributed by atoms with Gasteiger partial charge in [-0.05, 0) is 50.9 Å². The van der Waals surface area contributed by atoms with Gasteiger partial charge in [-0.2, -0.15) is 0 Å². The molecule has 0 radical (unpaired) electrons. The molecule has 2 aliphatic heterocycles. The second-order valence-electron chi connectivity index (χ2n) is 6.21. The minimum Gasteiger partial charge on any atom is -0.304 e. The first-order valence-corrected chi connectivity index (χ1v) is 9.05. The number of hydrogen-bond donors (Lipinski definition) is 2. The monoisotopic (exact) mass is 345 g/mol. The summed E-state index contributed by atoms with van der Waals surface area (Å²) in [5, 5.41) is 6.65. The summed E-state index contributed by atoms with van der Waals surface area (Å²) >= 11 is 0. The van der Waals surface area contributed by atoms with Crippen LogP contribution < -0.4 is 10.6 Å². The Labute approximate surface area is 155 Å². The van der Waals surface area contributed by atoms with Crippen LogP contribution in [0.2, 0.25) is 0 Å². The van der Waals surface area contributed by atoms with Gasteiger partial charge in [0.2, 0.25) is 0 Å². The molecule has 2 N–H and O–H groups in total. The lowest BCUT2D eigenvalue weighted by Gasteiger charge is -1.97. The summed E-state index contributed by atoms with van der Waals surface area (Å²) in [5.41, 5.74) is 1.88. The van der Waals surface area contributed by atoms with Crippen LogP contribution in [-0.4, -0.2) is 40.1 Å². The zero-order chi connectivity index (χ0) is 17.9. The van der Waals surface area contributed by atoms with Crippen molar-refractivity contribution >= 4 is 0 Å². The largest absolute Gasteiger partial charge is 0.304 e. The Hall–Kier alpha value is -2.73. The van der Waals surface area contributed by atoms with Gasteiger partial charge in [0.1, 0.15) is 6.33 Å². The predicted octanol–water partition coefficient (Wildman–Crippen LogP) is 1.77. The van der Waals surface area contributed by atoms with Gasteiger partial charge in [0, 0.05) is 30.4 Å². The van der Waals surface area contributed by atoms with Gasteiger partial charge < -0.3 is 10.6 Å². The third-order valence-electron chi connectivity index (χ3n) is 4.12. The highest BCUT2D eigenvalue weighted by atomic mass is 14.9. The van der Waals surface area contributed by atoms with Crippen molar-refractivity contribution in [3.63, 3.8) is 0 Å². The van der Waals surface area contributed by atoms with E-state index in [0.717, 1.165) is 30.6 Å². The van der Waals surface area contributed by atoms with E-state index < -0.39 is 0 Å². The molecule has 5 heteroatoms. The Morgan fingerprint density at radius 2 is 1.42 bits per heavy atom. The second kappa shape index (κ2) is 10.3. The van der Waals surface area contributed by atoms with Crippen molar-refractivity contribution in [3.05, 3.63) is 54.4 Å².